The van der Waals surface area contributed by atoms with Gasteiger partial charge in [-0.1, -0.05) is 357 Å². The minimum absolute atomic E-state index is 0.105. The monoisotopic (exact) mass is 1450 g/mol. The predicted molar refractivity (Wildman–Crippen MR) is 404 cm³/mol. The highest BCUT2D eigenvalue weighted by atomic mass is 31.2. The highest BCUT2D eigenvalue weighted by molar-refractivity contribution is 7.47. The van der Waals surface area contributed by atoms with Gasteiger partial charge in [-0.25, -0.2) is 9.13 Å². The summed E-state index contributed by atoms with van der Waals surface area (Å²) in [6.07, 6.45) is 55.7. The molecule has 5 atom stereocenters. The minimum Gasteiger partial charge on any atom is -0.462 e. The van der Waals surface area contributed by atoms with Crippen molar-refractivity contribution in [3.63, 3.8) is 0 Å². The van der Waals surface area contributed by atoms with E-state index < -0.39 is 97.5 Å². The van der Waals surface area contributed by atoms with Crippen LogP contribution in [-0.2, 0) is 65.4 Å². The quantitative estimate of drug-likeness (QED) is 0.0222. The molecule has 17 nitrogen and oxygen atoms in total. The van der Waals surface area contributed by atoms with Crippen molar-refractivity contribution in [2.75, 3.05) is 39.6 Å². The van der Waals surface area contributed by atoms with E-state index in [9.17, 15) is 43.2 Å². The zero-order valence-corrected chi connectivity index (χ0v) is 66.9. The maximum Gasteiger partial charge on any atom is 0.472 e. The van der Waals surface area contributed by atoms with Crippen molar-refractivity contribution in [3.05, 3.63) is 0 Å². The number of rotatable bonds is 77. The Balaban J connectivity index is 5.23. The van der Waals surface area contributed by atoms with Crippen LogP contribution >= 0.6 is 15.6 Å². The molecule has 0 heterocycles. The van der Waals surface area contributed by atoms with Crippen LogP contribution < -0.4 is 0 Å². The lowest BCUT2D eigenvalue weighted by Gasteiger charge is -2.21. The summed E-state index contributed by atoms with van der Waals surface area (Å²) < 4.78 is 68.6. The van der Waals surface area contributed by atoms with E-state index in [4.69, 9.17) is 37.0 Å². The first-order valence-electron chi connectivity index (χ1n) is 41.2. The van der Waals surface area contributed by atoms with E-state index in [0.29, 0.717) is 31.6 Å². The van der Waals surface area contributed by atoms with Gasteiger partial charge in [-0.3, -0.25) is 37.3 Å². The Hall–Kier alpha value is -1.94. The number of aliphatic hydroxyl groups excluding tert-OH is 1. The Bertz CT molecular complexity index is 1940. The molecule has 0 aromatic heterocycles. The van der Waals surface area contributed by atoms with E-state index in [-0.39, 0.29) is 25.7 Å². The number of carbonyl (C=O) groups is 4. The summed E-state index contributed by atoms with van der Waals surface area (Å²) in [4.78, 5) is 72.9. The molecule has 0 aliphatic rings. The molecule has 0 spiro atoms. The topological polar surface area (TPSA) is 237 Å². The smallest absolute Gasteiger partial charge is 0.462 e. The Morgan fingerprint density at radius 3 is 0.626 bits per heavy atom. The van der Waals surface area contributed by atoms with Crippen LogP contribution in [0.1, 0.15) is 409 Å². The molecule has 3 N–H and O–H groups in total. The third kappa shape index (κ3) is 74.1. The largest absolute Gasteiger partial charge is 0.472 e. The molecule has 0 saturated heterocycles. The van der Waals surface area contributed by atoms with Crippen LogP contribution in [-0.4, -0.2) is 96.7 Å². The van der Waals surface area contributed by atoms with Crippen molar-refractivity contribution < 1.29 is 80.2 Å². The van der Waals surface area contributed by atoms with Gasteiger partial charge in [0.2, 0.25) is 0 Å². The minimum atomic E-state index is -4.96. The number of hydrogen-bond acceptors (Lipinski definition) is 15. The van der Waals surface area contributed by atoms with Crippen molar-refractivity contribution in [1.29, 1.82) is 0 Å². The lowest BCUT2D eigenvalue weighted by atomic mass is 10.0. The Morgan fingerprint density at radius 1 is 0.253 bits per heavy atom. The fraction of sp³-hybridized carbons (Fsp3) is 0.950. The highest BCUT2D eigenvalue weighted by Crippen LogP contribution is 2.45. The van der Waals surface area contributed by atoms with Gasteiger partial charge in [0.25, 0.3) is 0 Å². The molecule has 0 aromatic carbocycles. The highest BCUT2D eigenvalue weighted by Gasteiger charge is 2.30. The molecule has 0 saturated carbocycles. The number of carbonyl (C=O) groups excluding carboxylic acids is 4. The maximum absolute atomic E-state index is 13.1. The molecule has 0 bridgehead atoms. The van der Waals surface area contributed by atoms with Crippen LogP contribution in [0.15, 0.2) is 0 Å². The number of unbranched alkanes of at least 4 members (excludes halogenated alkanes) is 43. The van der Waals surface area contributed by atoms with Gasteiger partial charge in [-0.15, -0.1) is 0 Å². The summed E-state index contributed by atoms with van der Waals surface area (Å²) >= 11 is 0. The third-order valence-corrected chi connectivity index (χ3v) is 20.5. The lowest BCUT2D eigenvalue weighted by molar-refractivity contribution is -0.161. The molecule has 588 valence electrons. The molecule has 0 amide bonds. The molecule has 2 unspecified atom stereocenters. The van der Waals surface area contributed by atoms with E-state index in [1.807, 2.05) is 0 Å². The Labute approximate surface area is 607 Å². The van der Waals surface area contributed by atoms with Crippen LogP contribution in [0.2, 0.25) is 0 Å². The predicted octanol–water partition coefficient (Wildman–Crippen LogP) is 23.6. The van der Waals surface area contributed by atoms with Gasteiger partial charge >= 0.3 is 39.5 Å². The summed E-state index contributed by atoms with van der Waals surface area (Å²) in [6.45, 7) is 14.2. The molecular formula is C80H156O17P2. The number of esters is 4. The summed E-state index contributed by atoms with van der Waals surface area (Å²) in [6, 6.07) is 0. The number of phosphoric ester groups is 2. The van der Waals surface area contributed by atoms with Gasteiger partial charge in [0.1, 0.15) is 19.3 Å². The van der Waals surface area contributed by atoms with E-state index >= 15 is 0 Å². The molecular weight excluding hydrogens is 1290 g/mol. The van der Waals surface area contributed by atoms with Crippen molar-refractivity contribution in [2.45, 2.75) is 427 Å². The van der Waals surface area contributed by atoms with Crippen molar-refractivity contribution in [2.24, 2.45) is 23.7 Å². The lowest BCUT2D eigenvalue weighted by Crippen LogP contribution is -2.30. The fourth-order valence-corrected chi connectivity index (χ4v) is 13.8. The molecule has 0 rings (SSSR count). The Kier molecular flexibility index (Phi) is 67.8. The SMILES string of the molecule is CC(C)CCCCCCCCCCCCCCCCCCC(=O)OC[C@H](COP(=O)(O)OC[C@@H](O)COP(=O)(O)OC[C@@H](COC(=O)CCCCCCCCC(C)C)OC(=O)CCCCCCCCCCCCCC(C)C)OC(=O)CCCCCCCCCCCCCCCCC(C)C. The number of ether oxygens (including phenoxy) is 4. The first-order valence-corrected chi connectivity index (χ1v) is 44.2. The summed E-state index contributed by atoms with van der Waals surface area (Å²) in [5, 5.41) is 10.6. The number of phosphoric acid groups is 2. The van der Waals surface area contributed by atoms with Gasteiger partial charge in [-0.2, -0.15) is 0 Å². The molecule has 0 aliphatic carbocycles. The summed E-state index contributed by atoms with van der Waals surface area (Å²) in [5.41, 5.74) is 0. The van der Waals surface area contributed by atoms with Crippen LogP contribution in [0.4, 0.5) is 0 Å². The van der Waals surface area contributed by atoms with Gasteiger partial charge in [-0.05, 0) is 49.4 Å². The second-order valence-corrected chi connectivity index (χ2v) is 33.6. The molecule has 19 heteroatoms. The average Bonchev–Trinajstić information content (AvgIpc) is 1.02. The average molecular weight is 1450 g/mol. The van der Waals surface area contributed by atoms with Crippen LogP contribution in [0.5, 0.6) is 0 Å². The van der Waals surface area contributed by atoms with E-state index in [1.54, 1.807) is 0 Å². The first-order chi connectivity index (χ1) is 47.6. The zero-order valence-electron chi connectivity index (χ0n) is 65.1. The standard InChI is InChI=1S/C80H156O17P2/c1-70(2)56-48-40-32-26-20-15-11-9-10-12-17-23-29-35-44-52-60-77(82)90-66-75(96-79(84)62-54-46-36-30-24-18-14-13-16-21-27-33-41-49-57-71(3)4)68-94-98(86,87)92-64-74(81)65-93-99(88,89)95-69-76(67-91-78(83)61-53-45-39-38-43-51-59-73(7)8)97-80(85)63-55-47-37-31-25-19-22-28-34-42-50-58-72(5)6/h70-76,81H,9-69H2,1-8H3,(H,86,87)(H,88,89)/t74-,75-,76-/m1/s1. The van der Waals surface area contributed by atoms with Crippen LogP contribution in [0.3, 0.4) is 0 Å². The van der Waals surface area contributed by atoms with Crippen molar-refractivity contribution in [3.8, 4) is 0 Å². The molecule has 0 aromatic rings. The third-order valence-electron chi connectivity index (χ3n) is 18.6. The van der Waals surface area contributed by atoms with Crippen LogP contribution in [0, 0.1) is 23.7 Å². The molecule has 0 radical (unpaired) electrons. The van der Waals surface area contributed by atoms with Gasteiger partial charge < -0.3 is 33.8 Å². The zero-order chi connectivity index (χ0) is 73.1. The molecule has 0 fully saturated rings. The second-order valence-electron chi connectivity index (χ2n) is 30.7. The number of hydrogen-bond donors (Lipinski definition) is 3. The van der Waals surface area contributed by atoms with Gasteiger partial charge in [0, 0.05) is 25.7 Å². The van der Waals surface area contributed by atoms with E-state index in [1.165, 1.54) is 205 Å². The van der Waals surface area contributed by atoms with Gasteiger partial charge in [0.15, 0.2) is 12.2 Å². The fourth-order valence-electron chi connectivity index (χ4n) is 12.3. The second kappa shape index (κ2) is 69.1. The first kappa shape index (κ1) is 97.1. The van der Waals surface area contributed by atoms with Crippen molar-refractivity contribution in [1.82, 2.24) is 0 Å². The van der Waals surface area contributed by atoms with Crippen molar-refractivity contribution >= 4 is 39.5 Å². The van der Waals surface area contributed by atoms with Crippen LogP contribution in [0.25, 0.3) is 0 Å². The summed E-state index contributed by atoms with van der Waals surface area (Å²) in [5.74, 6) is 0.935. The molecule has 99 heavy (non-hydrogen) atoms. The van der Waals surface area contributed by atoms with E-state index in [2.05, 4.69) is 55.4 Å². The summed E-state index contributed by atoms with van der Waals surface area (Å²) in [7, 11) is -9.92. The molecule has 0 aliphatic heterocycles. The Morgan fingerprint density at radius 2 is 0.424 bits per heavy atom. The van der Waals surface area contributed by atoms with Gasteiger partial charge in [0.05, 0.1) is 26.4 Å². The maximum atomic E-state index is 13.1. The normalized spacial score (nSPS) is 14.1. The van der Waals surface area contributed by atoms with E-state index in [0.717, 1.165) is 114 Å². The number of aliphatic hydroxyl groups is 1.